The molecule has 0 unspecified atom stereocenters. The van der Waals surface area contributed by atoms with Gasteiger partial charge in [-0.1, -0.05) is 17.7 Å². The van der Waals surface area contributed by atoms with Gasteiger partial charge in [0, 0.05) is 16.3 Å². The van der Waals surface area contributed by atoms with Crippen LogP contribution in [0.4, 0.5) is 5.69 Å². The quantitative estimate of drug-likeness (QED) is 0.613. The summed E-state index contributed by atoms with van der Waals surface area (Å²) in [4.78, 5) is 24.0. The molecule has 152 valence electrons. The molecule has 0 aromatic heterocycles. The van der Waals surface area contributed by atoms with Crippen molar-refractivity contribution in [3.8, 4) is 0 Å². The molecule has 0 bridgehead atoms. The molecule has 0 saturated heterocycles. The van der Waals surface area contributed by atoms with Crippen molar-refractivity contribution in [2.45, 2.75) is 4.90 Å². The number of anilines is 1. The van der Waals surface area contributed by atoms with E-state index in [1.54, 1.807) is 12.1 Å². The van der Waals surface area contributed by atoms with E-state index < -0.39 is 21.8 Å². The number of carbonyl (C=O) groups is 2. The zero-order chi connectivity index (χ0) is 20.9. The first-order valence-electron chi connectivity index (χ1n) is 8.29. The van der Waals surface area contributed by atoms with Crippen LogP contribution in [0.5, 0.6) is 0 Å². The Labute approximate surface area is 171 Å². The topological polar surface area (TPSA) is 123 Å². The number of rotatable bonds is 5. The number of halogens is 1. The molecule has 1 aliphatic rings. The first-order valence-corrected chi connectivity index (χ1v) is 10.1. The van der Waals surface area contributed by atoms with E-state index in [2.05, 4.69) is 15.6 Å². The number of nitrogens with one attached hydrogen (secondary N) is 3. The van der Waals surface area contributed by atoms with Crippen molar-refractivity contribution in [2.75, 3.05) is 17.9 Å². The van der Waals surface area contributed by atoms with Gasteiger partial charge in [0.1, 0.15) is 19.5 Å². The molecule has 1 heterocycles. The van der Waals surface area contributed by atoms with Crippen LogP contribution in [0, 0.1) is 0 Å². The van der Waals surface area contributed by atoms with Gasteiger partial charge < -0.3 is 9.47 Å². The SMILES string of the molecule is O=C(NNC(=O)c1cccc(S(=O)(=O)Nc2ccc(Cl)cc2)c1)C1=COCCO1. The lowest BCUT2D eigenvalue weighted by Gasteiger charge is -2.15. The number of benzene rings is 2. The highest BCUT2D eigenvalue weighted by molar-refractivity contribution is 7.92. The van der Waals surface area contributed by atoms with E-state index in [4.69, 9.17) is 21.1 Å². The molecule has 2 aromatic carbocycles. The number of sulfonamides is 1. The maximum absolute atomic E-state index is 12.6. The molecule has 0 aliphatic carbocycles. The predicted molar refractivity (Wildman–Crippen MR) is 104 cm³/mol. The van der Waals surface area contributed by atoms with Crippen molar-refractivity contribution in [1.29, 1.82) is 0 Å². The summed E-state index contributed by atoms with van der Waals surface area (Å²) in [5.41, 5.74) is 4.70. The van der Waals surface area contributed by atoms with Gasteiger partial charge in [-0.05, 0) is 42.5 Å². The molecule has 3 rings (SSSR count). The first kappa shape index (κ1) is 20.5. The van der Waals surface area contributed by atoms with Crippen molar-refractivity contribution in [1.82, 2.24) is 10.9 Å². The van der Waals surface area contributed by atoms with Gasteiger partial charge in [0.2, 0.25) is 5.76 Å². The van der Waals surface area contributed by atoms with Gasteiger partial charge in [0.15, 0.2) is 0 Å². The van der Waals surface area contributed by atoms with Gasteiger partial charge in [-0.25, -0.2) is 8.42 Å². The maximum atomic E-state index is 12.6. The number of ether oxygens (including phenoxy) is 2. The highest BCUT2D eigenvalue weighted by atomic mass is 35.5. The van der Waals surface area contributed by atoms with E-state index >= 15 is 0 Å². The normalized spacial score (nSPS) is 13.3. The lowest BCUT2D eigenvalue weighted by atomic mass is 10.2. The van der Waals surface area contributed by atoms with Gasteiger partial charge in [-0.2, -0.15) is 0 Å². The second-order valence-corrected chi connectivity index (χ2v) is 7.87. The lowest BCUT2D eigenvalue weighted by Crippen LogP contribution is -2.43. The summed E-state index contributed by atoms with van der Waals surface area (Å²) < 4.78 is 37.5. The molecule has 9 nitrogen and oxygen atoms in total. The summed E-state index contributed by atoms with van der Waals surface area (Å²) in [6.45, 7) is 0.544. The molecule has 0 atom stereocenters. The molecular formula is C18H16ClN3O6S. The summed E-state index contributed by atoms with van der Waals surface area (Å²) in [7, 11) is -3.94. The second kappa shape index (κ2) is 8.84. The molecular weight excluding hydrogens is 422 g/mol. The third-order valence-corrected chi connectivity index (χ3v) is 5.30. The molecule has 0 saturated carbocycles. The predicted octanol–water partition coefficient (Wildman–Crippen LogP) is 1.79. The summed E-state index contributed by atoms with van der Waals surface area (Å²) in [6, 6.07) is 11.4. The van der Waals surface area contributed by atoms with Crippen LogP contribution in [0.15, 0.2) is 65.4 Å². The Morgan fingerprint density at radius 2 is 1.69 bits per heavy atom. The molecule has 11 heteroatoms. The Balaban J connectivity index is 1.67. The summed E-state index contributed by atoms with van der Waals surface area (Å²) in [5, 5.41) is 0.467. The first-order chi connectivity index (χ1) is 13.8. The highest BCUT2D eigenvalue weighted by Crippen LogP contribution is 2.19. The average molecular weight is 438 g/mol. The molecule has 3 N–H and O–H groups in total. The van der Waals surface area contributed by atoms with Crippen LogP contribution >= 0.6 is 11.6 Å². The minimum absolute atomic E-state index is 0.0269. The van der Waals surface area contributed by atoms with Crippen LogP contribution in [0.2, 0.25) is 5.02 Å². The van der Waals surface area contributed by atoms with E-state index in [0.29, 0.717) is 17.3 Å². The van der Waals surface area contributed by atoms with Crippen LogP contribution in [-0.2, 0) is 24.3 Å². The molecule has 29 heavy (non-hydrogen) atoms. The van der Waals surface area contributed by atoms with E-state index in [0.717, 1.165) is 6.26 Å². The number of carbonyl (C=O) groups excluding carboxylic acids is 2. The number of hydrazine groups is 1. The van der Waals surface area contributed by atoms with Gasteiger partial charge in [0.25, 0.3) is 15.9 Å². The van der Waals surface area contributed by atoms with E-state index in [9.17, 15) is 18.0 Å². The molecule has 0 fully saturated rings. The lowest BCUT2D eigenvalue weighted by molar-refractivity contribution is -0.123. The summed E-state index contributed by atoms with van der Waals surface area (Å²) in [6.07, 6.45) is 1.14. The fourth-order valence-electron chi connectivity index (χ4n) is 2.27. The van der Waals surface area contributed by atoms with Crippen molar-refractivity contribution in [2.24, 2.45) is 0 Å². The fraction of sp³-hybridized carbons (Fsp3) is 0.111. The highest BCUT2D eigenvalue weighted by Gasteiger charge is 2.18. The van der Waals surface area contributed by atoms with Crippen LogP contribution in [0.1, 0.15) is 10.4 Å². The number of hydrogen-bond acceptors (Lipinski definition) is 6. The van der Waals surface area contributed by atoms with Crippen molar-refractivity contribution >= 4 is 39.1 Å². The van der Waals surface area contributed by atoms with Gasteiger partial charge in [0.05, 0.1) is 4.90 Å². The molecule has 2 amide bonds. The summed E-state index contributed by atoms with van der Waals surface area (Å²) in [5.74, 6) is -1.49. The molecule has 0 spiro atoms. The fourth-order valence-corrected chi connectivity index (χ4v) is 3.50. The summed E-state index contributed by atoms with van der Waals surface area (Å²) >= 11 is 5.79. The third kappa shape index (κ3) is 5.39. The Morgan fingerprint density at radius 1 is 0.966 bits per heavy atom. The molecule has 0 radical (unpaired) electrons. The molecule has 1 aliphatic heterocycles. The molecule has 2 aromatic rings. The zero-order valence-electron chi connectivity index (χ0n) is 14.8. The van der Waals surface area contributed by atoms with Crippen LogP contribution in [0.3, 0.4) is 0 Å². The van der Waals surface area contributed by atoms with Crippen molar-refractivity contribution in [3.63, 3.8) is 0 Å². The number of hydrogen-bond donors (Lipinski definition) is 3. The van der Waals surface area contributed by atoms with Crippen LogP contribution in [0.25, 0.3) is 0 Å². The average Bonchev–Trinajstić information content (AvgIpc) is 2.74. The monoisotopic (exact) mass is 437 g/mol. The smallest absolute Gasteiger partial charge is 0.308 e. The van der Waals surface area contributed by atoms with Gasteiger partial charge >= 0.3 is 5.91 Å². The standard InChI is InChI=1S/C18H16ClN3O6S/c19-13-4-6-14(7-5-13)22-29(25,26)15-3-1-2-12(10-15)17(23)20-21-18(24)16-11-27-8-9-28-16/h1-7,10-11,22H,8-9H2,(H,20,23)(H,21,24). The second-order valence-electron chi connectivity index (χ2n) is 5.75. The van der Waals surface area contributed by atoms with E-state index in [1.807, 2.05) is 0 Å². The van der Waals surface area contributed by atoms with Crippen LogP contribution in [-0.4, -0.2) is 33.4 Å². The van der Waals surface area contributed by atoms with Crippen LogP contribution < -0.4 is 15.6 Å². The van der Waals surface area contributed by atoms with Gasteiger partial charge in [-0.15, -0.1) is 0 Å². The Morgan fingerprint density at radius 3 is 2.38 bits per heavy atom. The largest absolute Gasteiger partial charge is 0.494 e. The maximum Gasteiger partial charge on any atom is 0.308 e. The van der Waals surface area contributed by atoms with Crippen molar-refractivity contribution in [3.05, 3.63) is 71.1 Å². The van der Waals surface area contributed by atoms with Gasteiger partial charge in [-0.3, -0.25) is 25.2 Å². The Bertz CT molecular complexity index is 1050. The van der Waals surface area contributed by atoms with E-state index in [-0.39, 0.29) is 22.8 Å². The van der Waals surface area contributed by atoms with E-state index in [1.165, 1.54) is 36.4 Å². The third-order valence-electron chi connectivity index (χ3n) is 3.67. The van der Waals surface area contributed by atoms with Crippen molar-refractivity contribution < 1.29 is 27.5 Å². The zero-order valence-corrected chi connectivity index (χ0v) is 16.4. The minimum Gasteiger partial charge on any atom is -0.494 e. The Hall–Kier alpha value is -3.24. The number of amides is 2. The Kier molecular flexibility index (Phi) is 6.25. The minimum atomic E-state index is -3.94.